The van der Waals surface area contributed by atoms with E-state index in [-0.39, 0.29) is 28.7 Å². The molecule has 2 aromatic carbocycles. The average Bonchev–Trinajstić information content (AvgIpc) is 3.54. The number of aliphatic hydroxyl groups is 1. The highest BCUT2D eigenvalue weighted by atomic mass is 35.5. The van der Waals surface area contributed by atoms with Gasteiger partial charge in [0.05, 0.1) is 35.6 Å². The van der Waals surface area contributed by atoms with Crippen molar-refractivity contribution in [2.45, 2.75) is 44.1 Å². The van der Waals surface area contributed by atoms with Gasteiger partial charge in [-0.15, -0.1) is 0 Å². The molecule has 5 rings (SSSR count). The number of halogens is 2. The van der Waals surface area contributed by atoms with Crippen molar-refractivity contribution in [3.63, 3.8) is 0 Å². The first-order valence-corrected chi connectivity index (χ1v) is 12.3. The number of likely N-dealkylation sites (N-methyl/N-ethyl adjacent to an activating group) is 1. The predicted molar refractivity (Wildman–Crippen MR) is 135 cm³/mol. The molecule has 1 saturated carbocycles. The number of nitrogens with one attached hydrogen (secondary N) is 1. The zero-order valence-electron chi connectivity index (χ0n) is 20.2. The zero-order valence-corrected chi connectivity index (χ0v) is 21.0. The summed E-state index contributed by atoms with van der Waals surface area (Å²) in [5, 5.41) is 27.6. The van der Waals surface area contributed by atoms with Gasteiger partial charge in [-0.25, -0.2) is 14.0 Å². The lowest BCUT2D eigenvalue weighted by atomic mass is 10.0. The molecule has 0 spiro atoms. The molecule has 194 valence electrons. The van der Waals surface area contributed by atoms with Crippen LogP contribution in [0.3, 0.4) is 0 Å². The Bertz CT molecular complexity index is 1340. The minimum absolute atomic E-state index is 0.0743. The van der Waals surface area contributed by atoms with Crippen molar-refractivity contribution in [2.24, 2.45) is 0 Å². The monoisotopic (exact) mass is 527 g/mol. The highest BCUT2D eigenvalue weighted by Crippen LogP contribution is 2.47. The molecule has 2 heterocycles. The quantitative estimate of drug-likeness (QED) is 0.399. The van der Waals surface area contributed by atoms with Crippen LogP contribution in [0, 0.1) is 5.82 Å². The first-order chi connectivity index (χ1) is 17.7. The summed E-state index contributed by atoms with van der Waals surface area (Å²) in [6.45, 7) is 1.16. The Kier molecular flexibility index (Phi) is 6.65. The number of rotatable bonds is 7. The van der Waals surface area contributed by atoms with Crippen molar-refractivity contribution in [1.29, 1.82) is 0 Å². The fourth-order valence-corrected chi connectivity index (χ4v) is 5.02. The number of hydrogen-bond donors (Lipinski definition) is 3. The number of hydrogen-bond acceptors (Lipinski definition) is 5. The van der Waals surface area contributed by atoms with Crippen LogP contribution < -0.4 is 5.32 Å². The summed E-state index contributed by atoms with van der Waals surface area (Å²) in [6.07, 6.45) is 3.20. The molecular formula is C26H27ClFN5O4. The first kappa shape index (κ1) is 25.2. The Hall–Kier alpha value is -3.47. The molecule has 1 aliphatic carbocycles. The Morgan fingerprint density at radius 2 is 1.95 bits per heavy atom. The number of urea groups is 1. The molecule has 3 N–H and O–H groups in total. The van der Waals surface area contributed by atoms with Crippen molar-refractivity contribution in [1.82, 2.24) is 19.6 Å². The molecule has 1 fully saturated rings. The maximum absolute atomic E-state index is 13.4. The molecule has 2 amide bonds. The van der Waals surface area contributed by atoms with Gasteiger partial charge >= 0.3 is 12.0 Å². The van der Waals surface area contributed by atoms with Crippen molar-refractivity contribution in [3.8, 4) is 0 Å². The molecule has 1 aromatic heterocycles. The van der Waals surface area contributed by atoms with Gasteiger partial charge in [-0.1, -0.05) is 23.7 Å². The molecule has 9 nitrogen and oxygen atoms in total. The molecule has 3 aromatic rings. The van der Waals surface area contributed by atoms with Crippen LogP contribution in [0.2, 0.25) is 5.02 Å². The number of aromatic carboxylic acids is 1. The summed E-state index contributed by atoms with van der Waals surface area (Å²) in [5.74, 6) is -1.52. The van der Waals surface area contributed by atoms with Crippen LogP contribution in [0.4, 0.5) is 14.9 Å². The van der Waals surface area contributed by atoms with E-state index in [0.717, 1.165) is 24.1 Å². The first-order valence-electron chi connectivity index (χ1n) is 12.0. The largest absolute Gasteiger partial charge is 0.478 e. The molecule has 0 saturated heterocycles. The Morgan fingerprint density at radius 1 is 1.22 bits per heavy atom. The standard InChI is InChI=1S/C26H27ClFN5O4/c1-31(26(8-9-26)13-16-2-4-17(5-3-16)24(35)36)23(34)19-14-29-33-11-10-32(15-22(19)33)25(37)30-18-6-7-21(28)20(27)12-18/h2-7,12,14,23,34H,8-11,13,15H2,1H3,(H,30,37)(H,35,36). The maximum Gasteiger partial charge on any atom is 0.335 e. The summed E-state index contributed by atoms with van der Waals surface area (Å²) < 4.78 is 15.2. The highest BCUT2D eigenvalue weighted by molar-refractivity contribution is 6.31. The lowest BCUT2D eigenvalue weighted by Gasteiger charge is -2.34. The van der Waals surface area contributed by atoms with Gasteiger partial charge < -0.3 is 20.4 Å². The lowest BCUT2D eigenvalue weighted by Crippen LogP contribution is -2.42. The van der Waals surface area contributed by atoms with Crippen molar-refractivity contribution >= 4 is 29.3 Å². The minimum atomic E-state index is -0.963. The summed E-state index contributed by atoms with van der Waals surface area (Å²) >= 11 is 5.83. The van der Waals surface area contributed by atoms with Gasteiger partial charge in [0.25, 0.3) is 0 Å². The van der Waals surface area contributed by atoms with Crippen LogP contribution in [0.15, 0.2) is 48.7 Å². The number of amides is 2. The van der Waals surface area contributed by atoms with E-state index in [9.17, 15) is 19.1 Å². The second-order valence-corrected chi connectivity index (χ2v) is 10.0. The van der Waals surface area contributed by atoms with Crippen LogP contribution in [0.1, 0.15) is 46.2 Å². The van der Waals surface area contributed by atoms with Crippen LogP contribution in [-0.4, -0.2) is 60.9 Å². The van der Waals surface area contributed by atoms with E-state index in [4.69, 9.17) is 16.7 Å². The minimum Gasteiger partial charge on any atom is -0.478 e. The molecule has 0 bridgehead atoms. The Balaban J connectivity index is 1.28. The summed E-state index contributed by atoms with van der Waals surface area (Å²) in [4.78, 5) is 27.6. The SMILES string of the molecule is CN(C(O)c1cnn2c1CN(C(=O)Nc1ccc(F)c(Cl)c1)CC2)C1(Cc2ccc(C(=O)O)cc2)CC1. The molecule has 37 heavy (non-hydrogen) atoms. The van der Waals surface area contributed by atoms with E-state index < -0.39 is 18.0 Å². The van der Waals surface area contributed by atoms with Crippen molar-refractivity contribution in [2.75, 3.05) is 18.9 Å². The van der Waals surface area contributed by atoms with Crippen LogP contribution in [0.25, 0.3) is 0 Å². The van der Waals surface area contributed by atoms with Crippen LogP contribution in [0.5, 0.6) is 0 Å². The number of carboxylic acid groups (broad SMARTS) is 1. The molecule has 1 atom stereocenters. The normalized spacial score (nSPS) is 16.8. The molecule has 2 aliphatic rings. The number of carbonyl (C=O) groups excluding carboxylic acids is 1. The zero-order chi connectivity index (χ0) is 26.3. The van der Waals surface area contributed by atoms with Crippen LogP contribution >= 0.6 is 11.6 Å². The fourth-order valence-electron chi connectivity index (χ4n) is 4.84. The van der Waals surface area contributed by atoms with E-state index in [1.807, 2.05) is 24.1 Å². The number of carbonyl (C=O) groups is 2. The van der Waals surface area contributed by atoms with E-state index in [2.05, 4.69) is 10.4 Å². The topological polar surface area (TPSA) is 111 Å². The third kappa shape index (κ3) is 5.04. The number of anilines is 1. The highest BCUT2D eigenvalue weighted by Gasteiger charge is 2.49. The van der Waals surface area contributed by atoms with Gasteiger partial charge in [-0.2, -0.15) is 5.10 Å². The average molecular weight is 528 g/mol. The molecule has 11 heteroatoms. The number of carboxylic acids is 1. The second-order valence-electron chi connectivity index (χ2n) is 9.64. The fraction of sp³-hybridized carbons (Fsp3) is 0.346. The Morgan fingerprint density at radius 3 is 2.59 bits per heavy atom. The number of aromatic nitrogens is 2. The van der Waals surface area contributed by atoms with E-state index in [1.165, 1.54) is 18.2 Å². The molecule has 1 aliphatic heterocycles. The smallest absolute Gasteiger partial charge is 0.335 e. The van der Waals surface area contributed by atoms with Crippen LogP contribution in [-0.2, 0) is 19.5 Å². The van der Waals surface area contributed by atoms with Gasteiger partial charge in [-0.3, -0.25) is 9.58 Å². The summed E-state index contributed by atoms with van der Waals surface area (Å²) in [5.41, 5.74) is 2.78. The lowest BCUT2D eigenvalue weighted by molar-refractivity contribution is -0.0185. The second kappa shape index (κ2) is 9.77. The van der Waals surface area contributed by atoms with Gasteiger partial charge in [0.1, 0.15) is 12.0 Å². The Labute approximate surface area is 218 Å². The maximum atomic E-state index is 13.4. The van der Waals surface area contributed by atoms with Gasteiger partial charge in [0.2, 0.25) is 0 Å². The van der Waals surface area contributed by atoms with Crippen molar-refractivity contribution in [3.05, 3.63) is 81.9 Å². The van der Waals surface area contributed by atoms with E-state index >= 15 is 0 Å². The number of aliphatic hydroxyl groups excluding tert-OH is 1. The number of nitrogens with zero attached hydrogens (tertiary/aromatic N) is 4. The van der Waals surface area contributed by atoms with E-state index in [1.54, 1.807) is 27.9 Å². The third-order valence-electron chi connectivity index (χ3n) is 7.32. The number of fused-ring (bicyclic) bond motifs is 1. The van der Waals surface area contributed by atoms with Gasteiger partial charge in [0.15, 0.2) is 0 Å². The summed E-state index contributed by atoms with van der Waals surface area (Å²) in [7, 11) is 1.87. The van der Waals surface area contributed by atoms with Gasteiger partial charge in [0, 0.05) is 23.3 Å². The van der Waals surface area contributed by atoms with Crippen molar-refractivity contribution < 1.29 is 24.2 Å². The third-order valence-corrected chi connectivity index (χ3v) is 7.61. The molecule has 0 radical (unpaired) electrons. The van der Waals surface area contributed by atoms with Gasteiger partial charge in [-0.05, 0) is 62.2 Å². The molecular weight excluding hydrogens is 501 g/mol. The number of benzene rings is 2. The van der Waals surface area contributed by atoms with E-state index in [0.29, 0.717) is 30.8 Å². The predicted octanol–water partition coefficient (Wildman–Crippen LogP) is 4.12. The molecule has 1 unspecified atom stereocenters. The summed E-state index contributed by atoms with van der Waals surface area (Å²) in [6, 6.07) is 10.5.